The van der Waals surface area contributed by atoms with Crippen LogP contribution in [0, 0.1) is 0 Å². The number of carbonyl (C=O) groups is 2. The van der Waals surface area contributed by atoms with Gasteiger partial charge < -0.3 is 20.5 Å². The average molecular weight is 425 g/mol. The summed E-state index contributed by atoms with van der Waals surface area (Å²) in [6.07, 6.45) is 2.93. The van der Waals surface area contributed by atoms with Gasteiger partial charge in [-0.25, -0.2) is 9.48 Å². The molecule has 9 heteroatoms. The van der Waals surface area contributed by atoms with Crippen LogP contribution in [-0.4, -0.2) is 33.9 Å². The van der Waals surface area contributed by atoms with E-state index in [0.29, 0.717) is 16.5 Å². The molecule has 3 N–H and O–H groups in total. The van der Waals surface area contributed by atoms with Gasteiger partial charge in [-0.15, -0.1) is 0 Å². The molecular weight excluding hydrogens is 408 g/mol. The molecule has 0 aliphatic carbocycles. The van der Waals surface area contributed by atoms with E-state index in [9.17, 15) is 14.7 Å². The number of aromatic nitrogens is 2. The summed E-state index contributed by atoms with van der Waals surface area (Å²) in [7, 11) is 1.57. The van der Waals surface area contributed by atoms with Crippen LogP contribution in [0.2, 0.25) is 5.02 Å². The topological polar surface area (TPSA) is 105 Å². The number of para-hydroxylation sites is 1. The van der Waals surface area contributed by atoms with E-state index in [1.54, 1.807) is 54.3 Å². The van der Waals surface area contributed by atoms with Crippen LogP contribution in [0.4, 0.5) is 11.5 Å². The number of carboxylic acid groups (broad SMARTS) is 1. The number of benzene rings is 2. The highest BCUT2D eigenvalue weighted by Gasteiger charge is 2.29. The van der Waals surface area contributed by atoms with E-state index in [1.165, 1.54) is 6.20 Å². The van der Waals surface area contributed by atoms with Gasteiger partial charge in [-0.1, -0.05) is 35.9 Å². The predicted octanol–water partition coefficient (Wildman–Crippen LogP) is 3.78. The molecule has 1 atom stereocenters. The number of hydrogen-bond acceptors (Lipinski definition) is 5. The van der Waals surface area contributed by atoms with Gasteiger partial charge in [0, 0.05) is 0 Å². The van der Waals surface area contributed by atoms with Crippen molar-refractivity contribution in [2.24, 2.45) is 0 Å². The van der Waals surface area contributed by atoms with Crippen LogP contribution in [0.5, 0.6) is 5.75 Å². The standard InChI is InChI=1S/C21H17ClN4O4/c1-30-13-8-6-12(7-9-13)18-10-17(21(28)29)24-19-14(11-23-26(18)19)20(27)25-16-5-3-2-4-15(16)22/h2-11,18,24H,1H3,(H,25,27)(H,28,29)/t18-/m0/s1. The Bertz CT molecular complexity index is 1150. The quantitative estimate of drug-likeness (QED) is 0.575. The van der Waals surface area contributed by atoms with E-state index < -0.39 is 17.9 Å². The van der Waals surface area contributed by atoms with Crippen LogP contribution in [0.1, 0.15) is 22.0 Å². The lowest BCUT2D eigenvalue weighted by Gasteiger charge is -2.24. The number of anilines is 2. The lowest BCUT2D eigenvalue weighted by molar-refractivity contribution is -0.132. The highest BCUT2D eigenvalue weighted by molar-refractivity contribution is 6.34. The molecule has 30 heavy (non-hydrogen) atoms. The largest absolute Gasteiger partial charge is 0.497 e. The normalized spacial score (nSPS) is 14.9. The molecule has 152 valence electrons. The molecule has 0 bridgehead atoms. The lowest BCUT2D eigenvalue weighted by Crippen LogP contribution is -2.25. The molecule has 2 heterocycles. The molecule has 0 saturated heterocycles. The molecule has 0 unspecified atom stereocenters. The first-order valence-corrected chi connectivity index (χ1v) is 9.35. The third kappa shape index (κ3) is 3.60. The zero-order chi connectivity index (χ0) is 21.3. The van der Waals surface area contributed by atoms with Gasteiger partial charge in [0.1, 0.15) is 22.8 Å². The number of allylic oxidation sites excluding steroid dienone is 1. The molecule has 0 spiro atoms. The maximum Gasteiger partial charge on any atom is 0.352 e. The predicted molar refractivity (Wildman–Crippen MR) is 112 cm³/mol. The molecule has 0 saturated carbocycles. The number of nitrogens with zero attached hydrogens (tertiary/aromatic N) is 2. The number of fused-ring (bicyclic) bond motifs is 1. The number of carboxylic acids is 1. The fourth-order valence-corrected chi connectivity index (χ4v) is 3.36. The highest BCUT2D eigenvalue weighted by atomic mass is 35.5. The summed E-state index contributed by atoms with van der Waals surface area (Å²) in [6, 6.07) is 13.5. The smallest absolute Gasteiger partial charge is 0.352 e. The maximum absolute atomic E-state index is 12.9. The third-order valence-corrected chi connectivity index (χ3v) is 5.02. The van der Waals surface area contributed by atoms with Gasteiger partial charge in [0.15, 0.2) is 0 Å². The molecule has 1 aliphatic rings. The molecule has 1 amide bonds. The first-order valence-electron chi connectivity index (χ1n) is 8.97. The second kappa shape index (κ2) is 7.92. The van der Waals surface area contributed by atoms with E-state index in [-0.39, 0.29) is 17.1 Å². The van der Waals surface area contributed by atoms with Gasteiger partial charge in [-0.3, -0.25) is 4.79 Å². The molecule has 2 aromatic carbocycles. The summed E-state index contributed by atoms with van der Waals surface area (Å²) in [4.78, 5) is 24.5. The molecule has 0 radical (unpaired) electrons. The number of ether oxygens (including phenoxy) is 1. The summed E-state index contributed by atoms with van der Waals surface area (Å²) in [5, 5.41) is 19.8. The number of aliphatic carboxylic acids is 1. The first-order chi connectivity index (χ1) is 14.5. The van der Waals surface area contributed by atoms with Crippen LogP contribution in [0.3, 0.4) is 0 Å². The van der Waals surface area contributed by atoms with E-state index in [1.807, 2.05) is 12.1 Å². The molecule has 1 aliphatic heterocycles. The van der Waals surface area contributed by atoms with Gasteiger partial charge in [0.2, 0.25) is 0 Å². The fraction of sp³-hybridized carbons (Fsp3) is 0.0952. The molecular formula is C21H17ClN4O4. The second-order valence-corrected chi connectivity index (χ2v) is 6.92. The van der Waals surface area contributed by atoms with E-state index in [4.69, 9.17) is 16.3 Å². The molecule has 4 rings (SSSR count). The van der Waals surface area contributed by atoms with Crippen molar-refractivity contribution in [3.8, 4) is 5.75 Å². The lowest BCUT2D eigenvalue weighted by atomic mass is 10.0. The van der Waals surface area contributed by atoms with Crippen molar-refractivity contribution in [3.05, 3.63) is 82.7 Å². The Morgan fingerprint density at radius 2 is 1.93 bits per heavy atom. The highest BCUT2D eigenvalue weighted by Crippen LogP contribution is 2.33. The maximum atomic E-state index is 12.9. The SMILES string of the molecule is COc1ccc([C@@H]2C=C(C(=O)O)Nc3c(C(=O)Nc4ccccc4Cl)cnn32)cc1. The van der Waals surface area contributed by atoms with Crippen molar-refractivity contribution in [2.45, 2.75) is 6.04 Å². The monoisotopic (exact) mass is 424 g/mol. The Kier molecular flexibility index (Phi) is 5.16. The van der Waals surface area contributed by atoms with E-state index >= 15 is 0 Å². The van der Waals surface area contributed by atoms with Gasteiger partial charge >= 0.3 is 5.97 Å². The summed E-state index contributed by atoms with van der Waals surface area (Å²) in [5.74, 6) is -0.647. The van der Waals surface area contributed by atoms with Crippen molar-refractivity contribution in [3.63, 3.8) is 0 Å². The zero-order valence-corrected chi connectivity index (χ0v) is 16.6. The molecule has 0 fully saturated rings. The van der Waals surface area contributed by atoms with Gasteiger partial charge in [0.05, 0.1) is 30.1 Å². The summed E-state index contributed by atoms with van der Waals surface area (Å²) in [6.45, 7) is 0. The van der Waals surface area contributed by atoms with Gasteiger partial charge in [-0.05, 0) is 35.9 Å². The number of hydrogen-bond donors (Lipinski definition) is 3. The van der Waals surface area contributed by atoms with Crippen molar-refractivity contribution >= 4 is 35.0 Å². The van der Waals surface area contributed by atoms with E-state index in [2.05, 4.69) is 15.7 Å². The Labute approximate surface area is 176 Å². The Hall–Kier alpha value is -3.78. The van der Waals surface area contributed by atoms with Crippen molar-refractivity contribution in [1.29, 1.82) is 0 Å². The van der Waals surface area contributed by atoms with Gasteiger partial charge in [0.25, 0.3) is 5.91 Å². The second-order valence-electron chi connectivity index (χ2n) is 6.51. The third-order valence-electron chi connectivity index (χ3n) is 4.69. The minimum absolute atomic E-state index is 0.0457. The van der Waals surface area contributed by atoms with Crippen LogP contribution < -0.4 is 15.4 Å². The summed E-state index contributed by atoms with van der Waals surface area (Å²) < 4.78 is 6.74. The molecule has 1 aromatic heterocycles. The average Bonchev–Trinajstić information content (AvgIpc) is 3.19. The fourth-order valence-electron chi connectivity index (χ4n) is 3.18. The van der Waals surface area contributed by atoms with Gasteiger partial charge in [-0.2, -0.15) is 5.10 Å². The zero-order valence-electron chi connectivity index (χ0n) is 15.8. The number of rotatable bonds is 5. The van der Waals surface area contributed by atoms with E-state index in [0.717, 1.165) is 5.56 Å². The molecule has 8 nitrogen and oxygen atoms in total. The van der Waals surface area contributed by atoms with Crippen molar-refractivity contribution in [2.75, 3.05) is 17.7 Å². The van der Waals surface area contributed by atoms with Crippen LogP contribution in [0.25, 0.3) is 0 Å². The van der Waals surface area contributed by atoms with Crippen LogP contribution in [0.15, 0.2) is 66.5 Å². The first kappa shape index (κ1) is 19.5. The minimum atomic E-state index is -1.14. The summed E-state index contributed by atoms with van der Waals surface area (Å²) in [5.41, 5.74) is 1.38. The number of nitrogens with one attached hydrogen (secondary N) is 2. The molecule has 3 aromatic rings. The number of amides is 1. The summed E-state index contributed by atoms with van der Waals surface area (Å²) >= 11 is 6.12. The Morgan fingerprint density at radius 1 is 1.20 bits per heavy atom. The van der Waals surface area contributed by atoms with Crippen molar-refractivity contribution in [1.82, 2.24) is 9.78 Å². The Morgan fingerprint density at radius 3 is 2.60 bits per heavy atom. The Balaban J connectivity index is 1.72. The van der Waals surface area contributed by atoms with Crippen LogP contribution >= 0.6 is 11.6 Å². The number of methoxy groups -OCH3 is 1. The number of carbonyl (C=O) groups excluding carboxylic acids is 1. The minimum Gasteiger partial charge on any atom is -0.497 e. The van der Waals surface area contributed by atoms with Crippen molar-refractivity contribution < 1.29 is 19.4 Å². The number of halogens is 1. The van der Waals surface area contributed by atoms with Crippen LogP contribution in [-0.2, 0) is 4.79 Å².